The topological polar surface area (TPSA) is 20.3 Å². The molecule has 0 bridgehead atoms. The van der Waals surface area contributed by atoms with Crippen molar-refractivity contribution in [3.63, 3.8) is 0 Å². The summed E-state index contributed by atoms with van der Waals surface area (Å²) in [5.74, 6) is 2.40. The molecule has 0 radical (unpaired) electrons. The van der Waals surface area contributed by atoms with Gasteiger partial charge < -0.3 is 4.90 Å². The predicted molar refractivity (Wildman–Crippen MR) is 63.0 cm³/mol. The molecule has 2 nitrogen and oxygen atoms in total. The normalized spacial score (nSPS) is 32.1. The van der Waals surface area contributed by atoms with E-state index in [2.05, 4.69) is 30.3 Å². The van der Waals surface area contributed by atoms with Crippen LogP contribution in [-0.2, 0) is 4.79 Å². The molecule has 1 aromatic rings. The third kappa shape index (κ3) is 1.44. The second kappa shape index (κ2) is 3.62. The maximum Gasteiger partial charge on any atom is 0.219 e. The SMILES string of the molecule is CC(=O)N1C[C@H]2C[C@H](c3ccccc3)[C@H]2C1. The Morgan fingerprint density at radius 2 is 2.00 bits per heavy atom. The summed E-state index contributed by atoms with van der Waals surface area (Å²) in [5, 5.41) is 0. The molecule has 3 rings (SSSR count). The van der Waals surface area contributed by atoms with Crippen LogP contribution >= 0.6 is 0 Å². The van der Waals surface area contributed by atoms with E-state index in [0.717, 1.165) is 19.0 Å². The molecule has 0 N–H and O–H groups in total. The average molecular weight is 215 g/mol. The fourth-order valence-electron chi connectivity index (χ4n) is 3.25. The lowest BCUT2D eigenvalue weighted by Crippen LogP contribution is -2.33. The molecule has 1 saturated heterocycles. The van der Waals surface area contributed by atoms with Crippen molar-refractivity contribution in [2.75, 3.05) is 13.1 Å². The maximum absolute atomic E-state index is 11.3. The quantitative estimate of drug-likeness (QED) is 0.703. The Hall–Kier alpha value is -1.31. The van der Waals surface area contributed by atoms with Crippen molar-refractivity contribution in [2.24, 2.45) is 11.8 Å². The lowest BCUT2D eigenvalue weighted by molar-refractivity contribution is -0.127. The molecule has 1 aromatic carbocycles. The molecule has 2 fully saturated rings. The molecule has 16 heavy (non-hydrogen) atoms. The number of amides is 1. The van der Waals surface area contributed by atoms with E-state index in [9.17, 15) is 4.79 Å². The van der Waals surface area contributed by atoms with Crippen molar-refractivity contribution < 1.29 is 4.79 Å². The van der Waals surface area contributed by atoms with Crippen LogP contribution in [0.3, 0.4) is 0 Å². The van der Waals surface area contributed by atoms with Gasteiger partial charge in [-0.3, -0.25) is 4.79 Å². The third-order valence-corrected chi connectivity index (χ3v) is 4.24. The van der Waals surface area contributed by atoms with Crippen LogP contribution < -0.4 is 0 Å². The zero-order valence-corrected chi connectivity index (χ0v) is 9.60. The van der Waals surface area contributed by atoms with E-state index in [1.807, 2.05) is 4.90 Å². The number of carbonyl (C=O) groups excluding carboxylic acids is 1. The molecule has 1 aliphatic heterocycles. The molecule has 0 unspecified atom stereocenters. The van der Waals surface area contributed by atoms with Crippen molar-refractivity contribution in [3.05, 3.63) is 35.9 Å². The Balaban J connectivity index is 1.73. The summed E-state index contributed by atoms with van der Waals surface area (Å²) in [6.45, 7) is 3.64. The lowest BCUT2D eigenvalue weighted by Gasteiger charge is -2.39. The van der Waals surface area contributed by atoms with Crippen LogP contribution in [0.1, 0.15) is 24.8 Å². The Kier molecular flexibility index (Phi) is 2.23. The Bertz CT molecular complexity index is 400. The van der Waals surface area contributed by atoms with Crippen molar-refractivity contribution >= 4 is 5.91 Å². The lowest BCUT2D eigenvalue weighted by atomic mass is 9.64. The summed E-state index contributed by atoms with van der Waals surface area (Å²) in [4.78, 5) is 13.3. The summed E-state index contributed by atoms with van der Waals surface area (Å²) in [6, 6.07) is 10.7. The highest BCUT2D eigenvalue weighted by Gasteiger charge is 2.47. The molecule has 1 saturated carbocycles. The standard InChI is InChI=1S/C14H17NO/c1-10(16)15-8-12-7-13(14(12)9-15)11-5-3-2-4-6-11/h2-6,12-14H,7-9H2,1H3/t12-,13-,14+/m1/s1. The van der Waals surface area contributed by atoms with Gasteiger partial charge in [-0.1, -0.05) is 30.3 Å². The first-order chi connectivity index (χ1) is 7.75. The molecule has 0 spiro atoms. The van der Waals surface area contributed by atoms with E-state index in [-0.39, 0.29) is 5.91 Å². The second-order valence-electron chi connectivity index (χ2n) is 5.10. The predicted octanol–water partition coefficient (Wildman–Crippen LogP) is 2.27. The number of hydrogen-bond donors (Lipinski definition) is 0. The van der Waals surface area contributed by atoms with Crippen LogP contribution in [-0.4, -0.2) is 23.9 Å². The Morgan fingerprint density at radius 1 is 1.25 bits per heavy atom. The number of hydrogen-bond acceptors (Lipinski definition) is 1. The van der Waals surface area contributed by atoms with E-state index < -0.39 is 0 Å². The molecule has 1 aliphatic carbocycles. The van der Waals surface area contributed by atoms with Gasteiger partial charge in [0.15, 0.2) is 0 Å². The minimum Gasteiger partial charge on any atom is -0.342 e. The fourth-order valence-corrected chi connectivity index (χ4v) is 3.25. The fraction of sp³-hybridized carbons (Fsp3) is 0.500. The van der Waals surface area contributed by atoms with Crippen LogP contribution in [0.25, 0.3) is 0 Å². The summed E-state index contributed by atoms with van der Waals surface area (Å²) in [7, 11) is 0. The van der Waals surface area contributed by atoms with Crippen LogP contribution in [0.15, 0.2) is 30.3 Å². The van der Waals surface area contributed by atoms with Gasteiger partial charge in [0.2, 0.25) is 5.91 Å². The molecular formula is C14H17NO. The summed E-state index contributed by atoms with van der Waals surface area (Å²) >= 11 is 0. The monoisotopic (exact) mass is 215 g/mol. The van der Waals surface area contributed by atoms with Gasteiger partial charge in [-0.05, 0) is 29.7 Å². The summed E-state index contributed by atoms with van der Waals surface area (Å²) in [5.41, 5.74) is 1.45. The second-order valence-corrected chi connectivity index (χ2v) is 5.10. The molecule has 2 heteroatoms. The van der Waals surface area contributed by atoms with Gasteiger partial charge in [-0.2, -0.15) is 0 Å². The first-order valence-electron chi connectivity index (χ1n) is 6.06. The van der Waals surface area contributed by atoms with Crippen molar-refractivity contribution in [2.45, 2.75) is 19.3 Å². The minimum absolute atomic E-state index is 0.237. The van der Waals surface area contributed by atoms with Crippen molar-refractivity contribution in [1.29, 1.82) is 0 Å². The molecule has 84 valence electrons. The smallest absolute Gasteiger partial charge is 0.219 e. The molecule has 2 aliphatic rings. The van der Waals surface area contributed by atoms with Crippen molar-refractivity contribution in [1.82, 2.24) is 4.90 Å². The summed E-state index contributed by atoms with van der Waals surface area (Å²) < 4.78 is 0. The van der Waals surface area contributed by atoms with Crippen LogP contribution in [0.4, 0.5) is 0 Å². The van der Waals surface area contributed by atoms with Gasteiger partial charge in [0.05, 0.1) is 0 Å². The third-order valence-electron chi connectivity index (χ3n) is 4.24. The number of carbonyl (C=O) groups is 1. The largest absolute Gasteiger partial charge is 0.342 e. The number of rotatable bonds is 1. The molecule has 0 aromatic heterocycles. The van der Waals surface area contributed by atoms with Gasteiger partial charge in [0.25, 0.3) is 0 Å². The highest BCUT2D eigenvalue weighted by atomic mass is 16.2. The van der Waals surface area contributed by atoms with E-state index in [4.69, 9.17) is 0 Å². The maximum atomic E-state index is 11.3. The zero-order chi connectivity index (χ0) is 11.1. The highest BCUT2D eigenvalue weighted by molar-refractivity contribution is 5.73. The first kappa shape index (κ1) is 9.88. The Labute approximate surface area is 96.3 Å². The van der Waals surface area contributed by atoms with Crippen LogP contribution in [0.5, 0.6) is 0 Å². The minimum atomic E-state index is 0.237. The summed E-state index contributed by atoms with van der Waals surface area (Å²) in [6.07, 6.45) is 1.26. The van der Waals surface area contributed by atoms with E-state index in [1.165, 1.54) is 12.0 Å². The Morgan fingerprint density at radius 3 is 2.69 bits per heavy atom. The van der Waals surface area contributed by atoms with E-state index in [0.29, 0.717) is 11.8 Å². The van der Waals surface area contributed by atoms with E-state index >= 15 is 0 Å². The van der Waals surface area contributed by atoms with Gasteiger partial charge in [-0.25, -0.2) is 0 Å². The number of benzene rings is 1. The average Bonchev–Trinajstić information content (AvgIpc) is 2.59. The molecule has 3 atom stereocenters. The molecule has 1 amide bonds. The number of likely N-dealkylation sites (tertiary alicyclic amines) is 1. The number of nitrogens with zero attached hydrogens (tertiary/aromatic N) is 1. The zero-order valence-electron chi connectivity index (χ0n) is 9.60. The van der Waals surface area contributed by atoms with Gasteiger partial charge in [-0.15, -0.1) is 0 Å². The van der Waals surface area contributed by atoms with Crippen LogP contribution in [0, 0.1) is 11.8 Å². The van der Waals surface area contributed by atoms with Crippen LogP contribution in [0.2, 0.25) is 0 Å². The van der Waals surface area contributed by atoms with Gasteiger partial charge in [0.1, 0.15) is 0 Å². The number of fused-ring (bicyclic) bond motifs is 1. The molecule has 1 heterocycles. The van der Waals surface area contributed by atoms with Gasteiger partial charge in [0, 0.05) is 20.0 Å². The van der Waals surface area contributed by atoms with Crippen molar-refractivity contribution in [3.8, 4) is 0 Å². The van der Waals surface area contributed by atoms with E-state index in [1.54, 1.807) is 6.92 Å². The highest BCUT2D eigenvalue weighted by Crippen LogP contribution is 2.51. The van der Waals surface area contributed by atoms with Gasteiger partial charge >= 0.3 is 0 Å². The first-order valence-corrected chi connectivity index (χ1v) is 6.06. The molecular weight excluding hydrogens is 198 g/mol.